The van der Waals surface area contributed by atoms with Crippen LogP contribution < -0.4 is 0 Å². The van der Waals surface area contributed by atoms with Crippen LogP contribution in [0.4, 0.5) is 0 Å². The van der Waals surface area contributed by atoms with Gasteiger partial charge in [0.05, 0.1) is 11.4 Å². The zero-order valence-electron chi connectivity index (χ0n) is 24.9. The van der Waals surface area contributed by atoms with Crippen LogP contribution >= 0.6 is 0 Å². The number of fused-ring (bicyclic) bond motifs is 5. The lowest BCUT2D eigenvalue weighted by Crippen LogP contribution is -2.14. The Balaban J connectivity index is 1.32. The van der Waals surface area contributed by atoms with E-state index in [4.69, 9.17) is 9.97 Å². The molecule has 0 spiro atoms. The molecule has 1 aromatic heterocycles. The minimum Gasteiger partial charge on any atom is -0.228 e. The lowest BCUT2D eigenvalue weighted by atomic mass is 9.82. The van der Waals surface area contributed by atoms with Crippen molar-refractivity contribution in [2.45, 2.75) is 33.1 Å². The first kappa shape index (κ1) is 25.6. The molecular formula is C41H32N2. The third-order valence-electron chi connectivity index (χ3n) is 9.15. The van der Waals surface area contributed by atoms with E-state index in [1.807, 2.05) is 0 Å². The van der Waals surface area contributed by atoms with Gasteiger partial charge in [0.1, 0.15) is 0 Å². The van der Waals surface area contributed by atoms with Gasteiger partial charge in [-0.2, -0.15) is 0 Å². The van der Waals surface area contributed by atoms with Crippen molar-refractivity contribution in [2.24, 2.45) is 0 Å². The maximum atomic E-state index is 5.21. The number of benzene rings is 6. The molecule has 0 N–H and O–H groups in total. The zero-order valence-corrected chi connectivity index (χ0v) is 24.9. The van der Waals surface area contributed by atoms with Gasteiger partial charge >= 0.3 is 0 Å². The molecule has 0 unspecified atom stereocenters. The van der Waals surface area contributed by atoms with Gasteiger partial charge in [-0.1, -0.05) is 122 Å². The Hall–Kier alpha value is -5.08. The number of rotatable bonds is 3. The van der Waals surface area contributed by atoms with Crippen LogP contribution in [0, 0.1) is 13.8 Å². The highest BCUT2D eigenvalue weighted by Gasteiger charge is 2.35. The Morgan fingerprint density at radius 2 is 0.953 bits per heavy atom. The Bertz CT molecular complexity index is 2140. The van der Waals surface area contributed by atoms with E-state index in [0.29, 0.717) is 0 Å². The van der Waals surface area contributed by atoms with E-state index in [0.717, 1.165) is 33.9 Å². The standard InChI is InChI=1S/C41H32N2/c1-25-9-11-29-21-31(15-13-27(29)19-25)38-24-39(43-40(42-38)33-16-14-28-20-26(2)10-12-30(28)22-33)32-17-18-35-34-7-5-6-8-36(34)41(3,4)37(35)23-32/h5-24H,1-4H3. The normalized spacial score (nSPS) is 13.3. The number of nitrogens with zero attached hydrogens (tertiary/aromatic N) is 2. The first-order chi connectivity index (χ1) is 20.8. The predicted molar refractivity (Wildman–Crippen MR) is 180 cm³/mol. The minimum atomic E-state index is -0.0758. The van der Waals surface area contributed by atoms with Crippen LogP contribution in [-0.2, 0) is 5.41 Å². The number of hydrogen-bond donors (Lipinski definition) is 0. The van der Waals surface area contributed by atoms with Crippen LogP contribution in [0.2, 0.25) is 0 Å². The maximum Gasteiger partial charge on any atom is 0.160 e. The quantitative estimate of drug-likeness (QED) is 0.218. The van der Waals surface area contributed by atoms with Gasteiger partial charge in [-0.3, -0.25) is 0 Å². The molecule has 0 fully saturated rings. The van der Waals surface area contributed by atoms with Crippen molar-refractivity contribution in [3.05, 3.63) is 144 Å². The van der Waals surface area contributed by atoms with Crippen LogP contribution in [0.25, 0.3) is 66.6 Å². The topological polar surface area (TPSA) is 25.8 Å². The molecule has 8 rings (SSSR count). The lowest BCUT2D eigenvalue weighted by molar-refractivity contribution is 0.660. The molecule has 0 saturated carbocycles. The van der Waals surface area contributed by atoms with Gasteiger partial charge < -0.3 is 0 Å². The molecule has 0 radical (unpaired) electrons. The van der Waals surface area contributed by atoms with Crippen LogP contribution in [0.1, 0.15) is 36.1 Å². The number of hydrogen-bond acceptors (Lipinski definition) is 2. The molecule has 1 aliphatic rings. The SMILES string of the molecule is Cc1ccc2cc(-c3cc(-c4ccc5c(c4)C(C)(C)c4ccccc4-5)nc(-c4ccc5cc(C)ccc5c4)n3)ccc2c1. The van der Waals surface area contributed by atoms with Crippen LogP contribution in [0.5, 0.6) is 0 Å². The average molecular weight is 553 g/mol. The van der Waals surface area contributed by atoms with E-state index >= 15 is 0 Å². The Morgan fingerprint density at radius 1 is 0.442 bits per heavy atom. The van der Waals surface area contributed by atoms with Crippen LogP contribution in [0.3, 0.4) is 0 Å². The zero-order chi connectivity index (χ0) is 29.3. The van der Waals surface area contributed by atoms with E-state index in [1.165, 1.54) is 54.9 Å². The van der Waals surface area contributed by atoms with E-state index in [-0.39, 0.29) is 5.41 Å². The van der Waals surface area contributed by atoms with E-state index < -0.39 is 0 Å². The predicted octanol–water partition coefficient (Wildman–Crippen LogP) is 10.7. The van der Waals surface area contributed by atoms with Gasteiger partial charge in [-0.25, -0.2) is 9.97 Å². The van der Waals surface area contributed by atoms with Crippen molar-refractivity contribution in [2.75, 3.05) is 0 Å². The van der Waals surface area contributed by atoms with Gasteiger partial charge in [-0.15, -0.1) is 0 Å². The summed E-state index contributed by atoms with van der Waals surface area (Å²) in [5, 5.41) is 4.87. The first-order valence-corrected chi connectivity index (χ1v) is 15.0. The molecular weight excluding hydrogens is 520 g/mol. The summed E-state index contributed by atoms with van der Waals surface area (Å²) in [5.74, 6) is 0.738. The summed E-state index contributed by atoms with van der Waals surface area (Å²) in [6.45, 7) is 8.92. The highest BCUT2D eigenvalue weighted by Crippen LogP contribution is 2.49. The largest absolute Gasteiger partial charge is 0.228 e. The van der Waals surface area contributed by atoms with Crippen molar-refractivity contribution in [3.8, 4) is 45.0 Å². The number of aromatic nitrogens is 2. The summed E-state index contributed by atoms with van der Waals surface area (Å²) in [7, 11) is 0. The van der Waals surface area contributed by atoms with Gasteiger partial charge in [0, 0.05) is 22.1 Å². The fourth-order valence-electron chi connectivity index (χ4n) is 6.76. The molecule has 2 nitrogen and oxygen atoms in total. The van der Waals surface area contributed by atoms with Crippen LogP contribution in [0.15, 0.2) is 121 Å². The fraction of sp³-hybridized carbons (Fsp3) is 0.122. The van der Waals surface area contributed by atoms with Gasteiger partial charge in [0.25, 0.3) is 0 Å². The fourth-order valence-corrected chi connectivity index (χ4v) is 6.76. The van der Waals surface area contributed by atoms with Crippen molar-refractivity contribution in [1.82, 2.24) is 9.97 Å². The Labute approximate surface area is 252 Å². The monoisotopic (exact) mass is 552 g/mol. The molecule has 0 aliphatic heterocycles. The summed E-state index contributed by atoms with van der Waals surface area (Å²) in [5.41, 5.74) is 12.9. The van der Waals surface area contributed by atoms with E-state index in [1.54, 1.807) is 0 Å². The summed E-state index contributed by atoms with van der Waals surface area (Å²) in [4.78, 5) is 10.4. The summed E-state index contributed by atoms with van der Waals surface area (Å²) in [6, 6.07) is 44.1. The molecule has 0 amide bonds. The van der Waals surface area contributed by atoms with Gasteiger partial charge in [0.15, 0.2) is 5.82 Å². The molecule has 6 aromatic carbocycles. The second kappa shape index (κ2) is 9.47. The molecule has 2 heteroatoms. The minimum absolute atomic E-state index is 0.0758. The third-order valence-corrected chi connectivity index (χ3v) is 9.15. The molecule has 0 bridgehead atoms. The highest BCUT2D eigenvalue weighted by atomic mass is 14.9. The summed E-state index contributed by atoms with van der Waals surface area (Å²) < 4.78 is 0. The van der Waals surface area contributed by atoms with Crippen molar-refractivity contribution in [3.63, 3.8) is 0 Å². The van der Waals surface area contributed by atoms with Gasteiger partial charge in [0.2, 0.25) is 0 Å². The average Bonchev–Trinajstić information content (AvgIpc) is 3.26. The molecule has 43 heavy (non-hydrogen) atoms. The van der Waals surface area contributed by atoms with Crippen molar-refractivity contribution >= 4 is 21.5 Å². The van der Waals surface area contributed by atoms with Gasteiger partial charge in [-0.05, 0) is 81.9 Å². The second-order valence-corrected chi connectivity index (χ2v) is 12.5. The third kappa shape index (κ3) is 4.25. The van der Waals surface area contributed by atoms with Crippen LogP contribution in [-0.4, -0.2) is 9.97 Å². The summed E-state index contributed by atoms with van der Waals surface area (Å²) in [6.07, 6.45) is 0. The maximum absolute atomic E-state index is 5.21. The smallest absolute Gasteiger partial charge is 0.160 e. The van der Waals surface area contributed by atoms with Crippen molar-refractivity contribution < 1.29 is 0 Å². The molecule has 0 saturated heterocycles. The van der Waals surface area contributed by atoms with E-state index in [2.05, 4.69) is 149 Å². The summed E-state index contributed by atoms with van der Waals surface area (Å²) >= 11 is 0. The molecule has 206 valence electrons. The number of aryl methyl sites for hydroxylation is 2. The van der Waals surface area contributed by atoms with Crippen molar-refractivity contribution in [1.29, 1.82) is 0 Å². The molecule has 1 heterocycles. The highest BCUT2D eigenvalue weighted by molar-refractivity contribution is 5.90. The molecule has 7 aromatic rings. The molecule has 1 aliphatic carbocycles. The Kier molecular flexibility index (Phi) is 5.64. The second-order valence-electron chi connectivity index (χ2n) is 12.5. The van der Waals surface area contributed by atoms with E-state index in [9.17, 15) is 0 Å². The first-order valence-electron chi connectivity index (χ1n) is 15.0. The Morgan fingerprint density at radius 3 is 1.65 bits per heavy atom. The molecule has 0 atom stereocenters. The lowest BCUT2D eigenvalue weighted by Gasteiger charge is -2.22.